The van der Waals surface area contributed by atoms with Gasteiger partial charge in [-0.25, -0.2) is 5.43 Å². The summed E-state index contributed by atoms with van der Waals surface area (Å²) in [7, 11) is 0. The quantitative estimate of drug-likeness (QED) is 0.607. The van der Waals surface area contributed by atoms with Gasteiger partial charge in [-0.1, -0.05) is 17.8 Å². The maximum Gasteiger partial charge on any atom is 0.0868 e. The number of aryl methyl sites for hydroxylation is 2. The number of nitrogens with one attached hydrogen (secondary N) is 1. The number of rotatable bonds is 6. The highest BCUT2D eigenvalue weighted by molar-refractivity contribution is 7.05. The average Bonchev–Trinajstić information content (AvgIpc) is 3.01. The molecule has 0 aliphatic carbocycles. The van der Waals surface area contributed by atoms with E-state index in [0.717, 1.165) is 35.5 Å². The summed E-state index contributed by atoms with van der Waals surface area (Å²) in [4.78, 5) is 1.08. The molecule has 7 heteroatoms. The molecular weight excluding hydrogens is 248 g/mol. The highest BCUT2D eigenvalue weighted by atomic mass is 32.1. The van der Waals surface area contributed by atoms with Gasteiger partial charge in [0, 0.05) is 18.3 Å². The third-order valence-corrected chi connectivity index (χ3v) is 3.64. The van der Waals surface area contributed by atoms with Crippen LogP contribution in [0, 0.1) is 0 Å². The van der Waals surface area contributed by atoms with Crippen molar-refractivity contribution in [3.8, 4) is 0 Å². The molecule has 1 unspecified atom stereocenters. The highest BCUT2D eigenvalue weighted by Gasteiger charge is 2.20. The second-order valence-corrected chi connectivity index (χ2v) is 4.85. The first kappa shape index (κ1) is 13.1. The Balaban J connectivity index is 2.29. The molecule has 1 atom stereocenters. The Labute approximate surface area is 110 Å². The van der Waals surface area contributed by atoms with Crippen molar-refractivity contribution >= 4 is 11.5 Å². The summed E-state index contributed by atoms with van der Waals surface area (Å²) >= 11 is 1.39. The lowest BCUT2D eigenvalue weighted by atomic mass is 10.1. The van der Waals surface area contributed by atoms with Crippen LogP contribution in [0.2, 0.25) is 0 Å². The highest BCUT2D eigenvalue weighted by Crippen LogP contribution is 2.26. The maximum absolute atomic E-state index is 5.68. The first-order valence-corrected chi connectivity index (χ1v) is 6.87. The third kappa shape index (κ3) is 2.58. The molecule has 0 fully saturated rings. The molecular formula is C11H18N6S. The lowest BCUT2D eigenvalue weighted by Crippen LogP contribution is -2.28. The zero-order chi connectivity index (χ0) is 13.0. The Kier molecular flexibility index (Phi) is 4.40. The van der Waals surface area contributed by atoms with Crippen LogP contribution in [0.1, 0.15) is 42.4 Å². The minimum absolute atomic E-state index is 0.0770. The van der Waals surface area contributed by atoms with Crippen LogP contribution in [-0.4, -0.2) is 19.4 Å². The van der Waals surface area contributed by atoms with Crippen LogP contribution in [0.3, 0.4) is 0 Å². The zero-order valence-electron chi connectivity index (χ0n) is 10.6. The lowest BCUT2D eigenvalue weighted by Gasteiger charge is -2.12. The van der Waals surface area contributed by atoms with Crippen molar-refractivity contribution in [1.82, 2.24) is 24.8 Å². The molecule has 2 rings (SSSR count). The van der Waals surface area contributed by atoms with E-state index < -0.39 is 0 Å². The van der Waals surface area contributed by atoms with Crippen LogP contribution in [0.5, 0.6) is 0 Å². The monoisotopic (exact) mass is 266 g/mol. The predicted octanol–water partition coefficient (Wildman–Crippen LogP) is 1.26. The standard InChI is InChI=1S/C11H18N6S/c1-3-5-9-11(18-16-15-9)10(14-12)8-6-13-17(4-2)7-8/h6-7,10,14H,3-5,12H2,1-2H3. The molecule has 18 heavy (non-hydrogen) atoms. The summed E-state index contributed by atoms with van der Waals surface area (Å²) in [5, 5.41) is 8.45. The summed E-state index contributed by atoms with van der Waals surface area (Å²) in [5.41, 5.74) is 4.90. The van der Waals surface area contributed by atoms with Crippen LogP contribution in [0.15, 0.2) is 12.4 Å². The van der Waals surface area contributed by atoms with Gasteiger partial charge in [-0.2, -0.15) is 5.10 Å². The summed E-state index contributed by atoms with van der Waals surface area (Å²) < 4.78 is 5.91. The molecule has 2 heterocycles. The van der Waals surface area contributed by atoms with Crippen molar-refractivity contribution in [2.45, 2.75) is 39.3 Å². The van der Waals surface area contributed by atoms with Crippen LogP contribution >= 0.6 is 11.5 Å². The van der Waals surface area contributed by atoms with E-state index in [1.54, 1.807) is 0 Å². The van der Waals surface area contributed by atoms with Gasteiger partial charge in [0.2, 0.25) is 0 Å². The first-order chi connectivity index (χ1) is 8.80. The fourth-order valence-electron chi connectivity index (χ4n) is 1.87. The average molecular weight is 266 g/mol. The summed E-state index contributed by atoms with van der Waals surface area (Å²) in [6, 6.07) is -0.0770. The van der Waals surface area contributed by atoms with E-state index in [1.807, 2.05) is 17.1 Å². The van der Waals surface area contributed by atoms with Crippen molar-refractivity contribution in [1.29, 1.82) is 0 Å². The van der Waals surface area contributed by atoms with Gasteiger partial charge in [0.05, 0.1) is 22.8 Å². The Morgan fingerprint density at radius 1 is 1.50 bits per heavy atom. The maximum atomic E-state index is 5.68. The zero-order valence-corrected chi connectivity index (χ0v) is 11.4. The number of hydrazine groups is 1. The van der Waals surface area contributed by atoms with Gasteiger partial charge >= 0.3 is 0 Å². The Hall–Kier alpha value is -1.31. The minimum Gasteiger partial charge on any atom is -0.273 e. The summed E-state index contributed by atoms with van der Waals surface area (Å²) in [5.74, 6) is 5.68. The fraction of sp³-hybridized carbons (Fsp3) is 0.545. The van der Waals surface area contributed by atoms with Crippen LogP contribution in [0.4, 0.5) is 0 Å². The van der Waals surface area contributed by atoms with E-state index in [0.29, 0.717) is 0 Å². The van der Waals surface area contributed by atoms with Crippen molar-refractivity contribution in [2.24, 2.45) is 5.84 Å². The van der Waals surface area contributed by atoms with Gasteiger partial charge in [-0.15, -0.1) is 5.10 Å². The van der Waals surface area contributed by atoms with Gasteiger partial charge in [0.15, 0.2) is 0 Å². The van der Waals surface area contributed by atoms with Gasteiger partial charge < -0.3 is 0 Å². The van der Waals surface area contributed by atoms with Crippen molar-refractivity contribution in [3.05, 3.63) is 28.5 Å². The second-order valence-electron chi connectivity index (χ2n) is 4.06. The molecule has 0 bridgehead atoms. The molecule has 0 aliphatic rings. The second kappa shape index (κ2) is 6.03. The normalized spacial score (nSPS) is 12.8. The molecule has 0 aromatic carbocycles. The largest absolute Gasteiger partial charge is 0.273 e. The number of nitrogens with two attached hydrogens (primary N) is 1. The minimum atomic E-state index is -0.0770. The molecule has 0 radical (unpaired) electrons. The smallest absolute Gasteiger partial charge is 0.0868 e. The number of hydrogen-bond acceptors (Lipinski definition) is 6. The van der Waals surface area contributed by atoms with E-state index in [4.69, 9.17) is 5.84 Å². The molecule has 3 N–H and O–H groups in total. The van der Waals surface area contributed by atoms with Gasteiger partial charge in [-0.3, -0.25) is 10.5 Å². The molecule has 6 nitrogen and oxygen atoms in total. The lowest BCUT2D eigenvalue weighted by molar-refractivity contribution is 0.630. The number of aromatic nitrogens is 4. The molecule has 2 aromatic heterocycles. The Morgan fingerprint density at radius 2 is 2.33 bits per heavy atom. The molecule has 0 amide bonds. The van der Waals surface area contributed by atoms with Crippen molar-refractivity contribution in [3.63, 3.8) is 0 Å². The van der Waals surface area contributed by atoms with Crippen LogP contribution in [-0.2, 0) is 13.0 Å². The molecule has 0 spiro atoms. The van der Waals surface area contributed by atoms with Crippen molar-refractivity contribution in [2.75, 3.05) is 0 Å². The molecule has 0 saturated heterocycles. The third-order valence-electron chi connectivity index (χ3n) is 2.81. The van der Waals surface area contributed by atoms with E-state index in [-0.39, 0.29) is 6.04 Å². The van der Waals surface area contributed by atoms with Gasteiger partial charge in [0.1, 0.15) is 0 Å². The number of nitrogens with zero attached hydrogens (tertiary/aromatic N) is 4. The van der Waals surface area contributed by atoms with Crippen molar-refractivity contribution < 1.29 is 0 Å². The number of hydrogen-bond donors (Lipinski definition) is 2. The Morgan fingerprint density at radius 3 is 2.94 bits per heavy atom. The molecule has 98 valence electrons. The summed E-state index contributed by atoms with van der Waals surface area (Å²) in [6.07, 6.45) is 5.80. The summed E-state index contributed by atoms with van der Waals surface area (Å²) in [6.45, 7) is 5.03. The molecule has 0 aliphatic heterocycles. The van der Waals surface area contributed by atoms with E-state index in [2.05, 4.69) is 34.0 Å². The predicted molar refractivity (Wildman–Crippen MR) is 71.0 cm³/mol. The van der Waals surface area contributed by atoms with Crippen LogP contribution < -0.4 is 11.3 Å². The van der Waals surface area contributed by atoms with E-state index >= 15 is 0 Å². The molecule has 0 saturated carbocycles. The first-order valence-electron chi connectivity index (χ1n) is 6.09. The fourth-order valence-corrected chi connectivity index (χ4v) is 2.65. The van der Waals surface area contributed by atoms with Gasteiger partial charge in [0.25, 0.3) is 0 Å². The van der Waals surface area contributed by atoms with Gasteiger partial charge in [-0.05, 0) is 24.9 Å². The topological polar surface area (TPSA) is 81.7 Å². The SMILES string of the molecule is CCCc1nnsc1C(NN)c1cnn(CC)c1. The molecule has 2 aromatic rings. The van der Waals surface area contributed by atoms with E-state index in [9.17, 15) is 0 Å². The Bertz CT molecular complexity index is 491. The van der Waals surface area contributed by atoms with E-state index in [1.165, 1.54) is 11.5 Å². The van der Waals surface area contributed by atoms with Crippen LogP contribution in [0.25, 0.3) is 0 Å².